The molecule has 0 saturated heterocycles. The molecule has 2 atom stereocenters. The molecule has 4 N–H and O–H groups in total. The number of aryl methyl sites for hydroxylation is 1. The molecule has 21 heavy (non-hydrogen) atoms. The summed E-state index contributed by atoms with van der Waals surface area (Å²) >= 11 is 0. The van der Waals surface area contributed by atoms with Crippen LogP contribution in [0.4, 0.5) is 11.4 Å². The fraction of sp³-hybridized carbons (Fsp3) is 0.500. The summed E-state index contributed by atoms with van der Waals surface area (Å²) in [7, 11) is 0. The van der Waals surface area contributed by atoms with Crippen molar-refractivity contribution < 1.29 is 9.59 Å². The maximum Gasteiger partial charge on any atom is 0.227 e. The van der Waals surface area contributed by atoms with E-state index in [1.165, 1.54) is 6.92 Å². The highest BCUT2D eigenvalue weighted by molar-refractivity contribution is 5.95. The molecule has 0 unspecified atom stereocenters. The standard InChI is InChI=1S/C16H23N3O2/c1-10-6-7-13(8-15(10)18-11(2)20)19-16(21)14-5-3-4-12(14)9-17/h6-8,12,14H,3-5,9,17H2,1-2H3,(H,18,20)(H,19,21)/t12-,14-/m1/s1. The van der Waals surface area contributed by atoms with Crippen LogP contribution in [-0.2, 0) is 9.59 Å². The lowest BCUT2D eigenvalue weighted by atomic mass is 9.95. The third-order valence-electron chi connectivity index (χ3n) is 4.11. The van der Waals surface area contributed by atoms with Crippen LogP contribution >= 0.6 is 0 Å². The van der Waals surface area contributed by atoms with Gasteiger partial charge in [0.1, 0.15) is 0 Å². The van der Waals surface area contributed by atoms with Gasteiger partial charge in [-0.25, -0.2) is 0 Å². The highest BCUT2D eigenvalue weighted by Crippen LogP contribution is 2.32. The van der Waals surface area contributed by atoms with Crippen molar-refractivity contribution in [2.45, 2.75) is 33.1 Å². The van der Waals surface area contributed by atoms with Gasteiger partial charge in [0.2, 0.25) is 11.8 Å². The highest BCUT2D eigenvalue weighted by Gasteiger charge is 2.31. The molecule has 1 aromatic rings. The van der Waals surface area contributed by atoms with E-state index in [1.807, 2.05) is 19.1 Å². The zero-order valence-corrected chi connectivity index (χ0v) is 12.6. The van der Waals surface area contributed by atoms with Crippen LogP contribution in [0.15, 0.2) is 18.2 Å². The molecule has 5 nitrogen and oxygen atoms in total. The van der Waals surface area contributed by atoms with Crippen LogP contribution in [-0.4, -0.2) is 18.4 Å². The van der Waals surface area contributed by atoms with E-state index in [1.54, 1.807) is 6.07 Å². The molecule has 1 fully saturated rings. The van der Waals surface area contributed by atoms with Crippen LogP contribution < -0.4 is 16.4 Å². The second-order valence-corrected chi connectivity index (χ2v) is 5.73. The van der Waals surface area contributed by atoms with Crippen molar-refractivity contribution in [3.8, 4) is 0 Å². The summed E-state index contributed by atoms with van der Waals surface area (Å²) in [6.07, 6.45) is 2.99. The Labute approximate surface area is 125 Å². The van der Waals surface area contributed by atoms with Gasteiger partial charge in [0.25, 0.3) is 0 Å². The molecule has 1 aromatic carbocycles. The Hall–Kier alpha value is -1.88. The summed E-state index contributed by atoms with van der Waals surface area (Å²) in [5, 5.41) is 5.71. The number of nitrogens with one attached hydrogen (secondary N) is 2. The number of benzene rings is 1. The first-order chi connectivity index (χ1) is 10.0. The van der Waals surface area contributed by atoms with Crippen LogP contribution in [0.1, 0.15) is 31.7 Å². The summed E-state index contributed by atoms with van der Waals surface area (Å²) in [6.45, 7) is 3.94. The first-order valence-electron chi connectivity index (χ1n) is 7.40. The van der Waals surface area contributed by atoms with Crippen molar-refractivity contribution in [1.29, 1.82) is 0 Å². The normalized spacial score (nSPS) is 21.1. The van der Waals surface area contributed by atoms with Crippen LogP contribution in [0.25, 0.3) is 0 Å². The van der Waals surface area contributed by atoms with Crippen molar-refractivity contribution in [3.63, 3.8) is 0 Å². The van der Waals surface area contributed by atoms with E-state index in [4.69, 9.17) is 5.73 Å². The number of anilines is 2. The number of hydrogen-bond donors (Lipinski definition) is 3. The SMILES string of the molecule is CC(=O)Nc1cc(NC(=O)[C@@H]2CCC[C@@H]2CN)ccc1C. The Kier molecular flexibility index (Phi) is 4.96. The monoisotopic (exact) mass is 289 g/mol. The maximum atomic E-state index is 12.3. The molecular formula is C16H23N3O2. The first kappa shape index (κ1) is 15.5. The summed E-state index contributed by atoms with van der Waals surface area (Å²) in [6, 6.07) is 5.53. The molecule has 1 aliphatic rings. The van der Waals surface area contributed by atoms with Crippen LogP contribution in [0.5, 0.6) is 0 Å². The van der Waals surface area contributed by atoms with Crippen molar-refractivity contribution in [1.82, 2.24) is 0 Å². The average Bonchev–Trinajstić information content (AvgIpc) is 2.90. The number of amides is 2. The van der Waals surface area contributed by atoms with Gasteiger partial charge in [-0.3, -0.25) is 9.59 Å². The van der Waals surface area contributed by atoms with Crippen LogP contribution in [0.3, 0.4) is 0 Å². The van der Waals surface area contributed by atoms with Gasteiger partial charge in [-0.05, 0) is 49.9 Å². The predicted molar refractivity (Wildman–Crippen MR) is 84.0 cm³/mol. The minimum atomic E-state index is -0.124. The second-order valence-electron chi connectivity index (χ2n) is 5.73. The molecule has 0 aliphatic heterocycles. The Bertz CT molecular complexity index is 542. The van der Waals surface area contributed by atoms with Gasteiger partial charge in [0.05, 0.1) is 0 Å². The van der Waals surface area contributed by atoms with Gasteiger partial charge < -0.3 is 16.4 Å². The molecular weight excluding hydrogens is 266 g/mol. The van der Waals surface area contributed by atoms with Crippen LogP contribution in [0.2, 0.25) is 0 Å². The molecule has 2 amide bonds. The number of rotatable bonds is 4. The molecule has 114 valence electrons. The molecule has 0 heterocycles. The van der Waals surface area contributed by atoms with E-state index in [2.05, 4.69) is 10.6 Å². The molecule has 1 aliphatic carbocycles. The number of carbonyl (C=O) groups excluding carboxylic acids is 2. The van der Waals surface area contributed by atoms with E-state index in [9.17, 15) is 9.59 Å². The third-order valence-corrected chi connectivity index (χ3v) is 4.11. The van der Waals surface area contributed by atoms with Gasteiger partial charge in [-0.2, -0.15) is 0 Å². The molecule has 0 spiro atoms. The van der Waals surface area contributed by atoms with E-state index in [-0.39, 0.29) is 23.7 Å². The summed E-state index contributed by atoms with van der Waals surface area (Å²) in [4.78, 5) is 23.5. The molecule has 1 saturated carbocycles. The predicted octanol–water partition coefficient (Wildman–Crippen LogP) is 2.27. The van der Waals surface area contributed by atoms with Gasteiger partial charge in [-0.1, -0.05) is 12.5 Å². The number of hydrogen-bond acceptors (Lipinski definition) is 3. The Morgan fingerprint density at radius 2 is 2.05 bits per heavy atom. The lowest BCUT2D eigenvalue weighted by Gasteiger charge is -2.18. The Balaban J connectivity index is 2.08. The number of nitrogens with two attached hydrogens (primary N) is 1. The third kappa shape index (κ3) is 3.82. The fourth-order valence-electron chi connectivity index (χ4n) is 2.92. The van der Waals surface area contributed by atoms with E-state index in [0.29, 0.717) is 12.2 Å². The topological polar surface area (TPSA) is 84.2 Å². The first-order valence-corrected chi connectivity index (χ1v) is 7.40. The van der Waals surface area contributed by atoms with E-state index < -0.39 is 0 Å². The van der Waals surface area contributed by atoms with Crippen molar-refractivity contribution in [2.24, 2.45) is 17.6 Å². The number of carbonyl (C=O) groups is 2. The summed E-state index contributed by atoms with van der Waals surface area (Å²) < 4.78 is 0. The van der Waals surface area contributed by atoms with E-state index in [0.717, 1.165) is 30.5 Å². The summed E-state index contributed by atoms with van der Waals surface area (Å²) in [5.41, 5.74) is 8.12. The van der Waals surface area contributed by atoms with Gasteiger partial charge in [0, 0.05) is 24.2 Å². The molecule has 2 rings (SSSR count). The van der Waals surface area contributed by atoms with Crippen LogP contribution in [0, 0.1) is 18.8 Å². The molecule has 0 aromatic heterocycles. The van der Waals surface area contributed by atoms with Crippen molar-refractivity contribution in [2.75, 3.05) is 17.2 Å². The quantitative estimate of drug-likeness (QED) is 0.795. The van der Waals surface area contributed by atoms with Crippen molar-refractivity contribution >= 4 is 23.2 Å². The van der Waals surface area contributed by atoms with Gasteiger partial charge in [-0.15, -0.1) is 0 Å². The minimum absolute atomic E-state index is 0.000481. The minimum Gasteiger partial charge on any atom is -0.330 e. The lowest BCUT2D eigenvalue weighted by Crippen LogP contribution is -2.29. The Morgan fingerprint density at radius 1 is 1.29 bits per heavy atom. The average molecular weight is 289 g/mol. The molecule has 0 bridgehead atoms. The molecule has 5 heteroatoms. The smallest absolute Gasteiger partial charge is 0.227 e. The lowest BCUT2D eigenvalue weighted by molar-refractivity contribution is -0.120. The molecule has 0 radical (unpaired) electrons. The highest BCUT2D eigenvalue weighted by atomic mass is 16.2. The van der Waals surface area contributed by atoms with Gasteiger partial charge >= 0.3 is 0 Å². The maximum absolute atomic E-state index is 12.3. The van der Waals surface area contributed by atoms with Crippen molar-refractivity contribution in [3.05, 3.63) is 23.8 Å². The summed E-state index contributed by atoms with van der Waals surface area (Å²) in [5.74, 6) is 0.187. The van der Waals surface area contributed by atoms with E-state index >= 15 is 0 Å². The fourth-order valence-corrected chi connectivity index (χ4v) is 2.92. The second kappa shape index (κ2) is 6.72. The van der Waals surface area contributed by atoms with Gasteiger partial charge in [0.15, 0.2) is 0 Å². The largest absolute Gasteiger partial charge is 0.330 e. The zero-order valence-electron chi connectivity index (χ0n) is 12.6. The Morgan fingerprint density at radius 3 is 2.71 bits per heavy atom. The zero-order chi connectivity index (χ0) is 15.4.